The van der Waals surface area contributed by atoms with E-state index in [2.05, 4.69) is 17.6 Å². The molecule has 1 atom stereocenters. The Morgan fingerprint density at radius 2 is 1.70 bits per heavy atom. The number of hydrogen-bond donors (Lipinski definition) is 3. The number of rotatable bonds is 12. The van der Waals surface area contributed by atoms with Gasteiger partial charge in [0, 0.05) is 12.1 Å². The minimum absolute atomic E-state index is 0.0949. The maximum absolute atomic E-state index is 12.2. The lowest BCUT2D eigenvalue weighted by atomic mass is 10.1. The normalized spacial score (nSPS) is 12.4. The summed E-state index contributed by atoms with van der Waals surface area (Å²) in [6.07, 6.45) is 7.13. The first kappa shape index (κ1) is 23.9. The molecule has 0 saturated carbocycles. The molecule has 0 aromatic heterocycles. The fourth-order valence-electron chi connectivity index (χ4n) is 2.58. The van der Waals surface area contributed by atoms with Crippen molar-refractivity contribution in [3.8, 4) is 0 Å². The maximum atomic E-state index is 12.2. The van der Waals surface area contributed by atoms with Gasteiger partial charge in [-0.05, 0) is 24.6 Å². The standard InChI is InChI=1S/C19H27Cl3N2O3/c1-2-3-4-5-6-7-8-12-16(25)24-18(19(20,21)22)23-15-11-9-10-14(13-15)17(26)27/h9-11,13,18,23H,2-8,12H2,1H3,(H,24,25)(H,26,27). The van der Waals surface area contributed by atoms with Crippen LogP contribution < -0.4 is 10.6 Å². The molecule has 3 N–H and O–H groups in total. The number of carboxylic acids is 1. The number of carbonyl (C=O) groups is 2. The lowest BCUT2D eigenvalue weighted by Crippen LogP contribution is -2.49. The lowest BCUT2D eigenvalue weighted by Gasteiger charge is -2.27. The van der Waals surface area contributed by atoms with Crippen molar-refractivity contribution in [3.63, 3.8) is 0 Å². The number of halogens is 3. The molecule has 1 unspecified atom stereocenters. The van der Waals surface area contributed by atoms with Gasteiger partial charge in [0.15, 0.2) is 0 Å². The van der Waals surface area contributed by atoms with Crippen molar-refractivity contribution in [2.45, 2.75) is 68.2 Å². The van der Waals surface area contributed by atoms with Crippen molar-refractivity contribution >= 4 is 52.4 Å². The van der Waals surface area contributed by atoms with Crippen LogP contribution in [0.3, 0.4) is 0 Å². The van der Waals surface area contributed by atoms with Gasteiger partial charge in [0.25, 0.3) is 0 Å². The van der Waals surface area contributed by atoms with E-state index in [-0.39, 0.29) is 11.5 Å². The van der Waals surface area contributed by atoms with Crippen LogP contribution in [0.15, 0.2) is 24.3 Å². The number of carbonyl (C=O) groups excluding carboxylic acids is 1. The van der Waals surface area contributed by atoms with Gasteiger partial charge in [0.2, 0.25) is 9.70 Å². The van der Waals surface area contributed by atoms with Gasteiger partial charge in [-0.25, -0.2) is 4.79 Å². The van der Waals surface area contributed by atoms with Crippen molar-refractivity contribution in [1.82, 2.24) is 5.32 Å². The number of hydrogen-bond acceptors (Lipinski definition) is 3. The Bertz CT molecular complexity index is 606. The molecular weight excluding hydrogens is 411 g/mol. The first-order valence-corrected chi connectivity index (χ1v) is 10.3. The fraction of sp³-hybridized carbons (Fsp3) is 0.579. The van der Waals surface area contributed by atoms with E-state index in [4.69, 9.17) is 39.9 Å². The van der Waals surface area contributed by atoms with Crippen LogP contribution in [-0.4, -0.2) is 26.9 Å². The topological polar surface area (TPSA) is 78.4 Å². The zero-order valence-electron chi connectivity index (χ0n) is 15.4. The zero-order chi connectivity index (χ0) is 20.3. The molecule has 5 nitrogen and oxygen atoms in total. The van der Waals surface area contributed by atoms with E-state index >= 15 is 0 Å². The van der Waals surface area contributed by atoms with Crippen molar-refractivity contribution in [3.05, 3.63) is 29.8 Å². The molecule has 1 amide bonds. The Morgan fingerprint density at radius 3 is 2.30 bits per heavy atom. The molecule has 0 fully saturated rings. The number of nitrogens with one attached hydrogen (secondary N) is 2. The molecule has 0 heterocycles. The highest BCUT2D eigenvalue weighted by molar-refractivity contribution is 6.68. The Hall–Kier alpha value is -1.17. The van der Waals surface area contributed by atoms with E-state index in [1.54, 1.807) is 12.1 Å². The van der Waals surface area contributed by atoms with Gasteiger partial charge in [-0.1, -0.05) is 86.3 Å². The van der Waals surface area contributed by atoms with Crippen LogP contribution in [0.25, 0.3) is 0 Å². The van der Waals surface area contributed by atoms with Crippen LogP contribution in [0.4, 0.5) is 5.69 Å². The second-order valence-electron chi connectivity index (χ2n) is 6.44. The van der Waals surface area contributed by atoms with Gasteiger partial charge in [0.1, 0.15) is 6.17 Å². The van der Waals surface area contributed by atoms with Gasteiger partial charge < -0.3 is 15.7 Å². The average Bonchev–Trinajstić information content (AvgIpc) is 2.60. The molecule has 8 heteroatoms. The van der Waals surface area contributed by atoms with Crippen molar-refractivity contribution in [1.29, 1.82) is 0 Å². The van der Waals surface area contributed by atoms with Gasteiger partial charge in [-0.3, -0.25) is 4.79 Å². The predicted molar refractivity (Wildman–Crippen MR) is 112 cm³/mol. The summed E-state index contributed by atoms with van der Waals surface area (Å²) in [6, 6.07) is 6.07. The third-order valence-electron chi connectivity index (χ3n) is 4.06. The van der Waals surface area contributed by atoms with Gasteiger partial charge >= 0.3 is 5.97 Å². The van der Waals surface area contributed by atoms with E-state index in [1.165, 1.54) is 37.8 Å². The summed E-state index contributed by atoms with van der Waals surface area (Å²) in [4.78, 5) is 23.2. The highest BCUT2D eigenvalue weighted by atomic mass is 35.6. The van der Waals surface area contributed by atoms with Crippen LogP contribution in [0.2, 0.25) is 0 Å². The van der Waals surface area contributed by atoms with Crippen molar-refractivity contribution < 1.29 is 14.7 Å². The second-order valence-corrected chi connectivity index (χ2v) is 8.81. The van der Waals surface area contributed by atoms with Crippen molar-refractivity contribution in [2.75, 3.05) is 5.32 Å². The second kappa shape index (κ2) is 12.3. The van der Waals surface area contributed by atoms with Crippen LogP contribution >= 0.6 is 34.8 Å². The summed E-state index contributed by atoms with van der Waals surface area (Å²) in [5, 5.41) is 14.6. The molecule has 0 bridgehead atoms. The van der Waals surface area contributed by atoms with Crippen LogP contribution in [0, 0.1) is 0 Å². The molecule has 1 rings (SSSR count). The molecule has 152 valence electrons. The van der Waals surface area contributed by atoms with E-state index in [0.29, 0.717) is 12.1 Å². The largest absolute Gasteiger partial charge is 0.478 e. The van der Waals surface area contributed by atoms with Gasteiger partial charge in [-0.2, -0.15) is 0 Å². The number of benzene rings is 1. The van der Waals surface area contributed by atoms with Gasteiger partial charge in [0.05, 0.1) is 5.56 Å². The molecule has 0 aliphatic carbocycles. The first-order valence-electron chi connectivity index (χ1n) is 9.20. The third kappa shape index (κ3) is 10.1. The predicted octanol–water partition coefficient (Wildman–Crippen LogP) is 5.75. The molecule has 0 radical (unpaired) electrons. The number of anilines is 1. The summed E-state index contributed by atoms with van der Waals surface area (Å²) in [5.74, 6) is -1.28. The molecule has 0 saturated heterocycles. The molecule has 1 aromatic carbocycles. The summed E-state index contributed by atoms with van der Waals surface area (Å²) >= 11 is 17.9. The maximum Gasteiger partial charge on any atom is 0.335 e. The van der Waals surface area contributed by atoms with Crippen molar-refractivity contribution in [2.24, 2.45) is 0 Å². The highest BCUT2D eigenvalue weighted by Crippen LogP contribution is 2.31. The molecule has 0 spiro atoms. The SMILES string of the molecule is CCCCCCCCCC(=O)NC(Nc1cccc(C(=O)O)c1)C(Cl)(Cl)Cl. The monoisotopic (exact) mass is 436 g/mol. The van der Waals surface area contributed by atoms with E-state index in [1.807, 2.05) is 0 Å². The summed E-state index contributed by atoms with van der Waals surface area (Å²) < 4.78 is -1.80. The Morgan fingerprint density at radius 1 is 1.07 bits per heavy atom. The van der Waals surface area contributed by atoms with E-state index in [0.717, 1.165) is 19.3 Å². The number of amides is 1. The molecule has 0 aliphatic rings. The first-order chi connectivity index (χ1) is 12.7. The average molecular weight is 438 g/mol. The lowest BCUT2D eigenvalue weighted by molar-refractivity contribution is -0.121. The molecule has 0 aliphatic heterocycles. The number of unbranched alkanes of at least 4 members (excludes halogenated alkanes) is 6. The van der Waals surface area contributed by atoms with Crippen LogP contribution in [0.5, 0.6) is 0 Å². The smallest absolute Gasteiger partial charge is 0.335 e. The minimum atomic E-state index is -1.80. The van der Waals surface area contributed by atoms with E-state index < -0.39 is 15.9 Å². The molecule has 1 aromatic rings. The van der Waals surface area contributed by atoms with Crippen LogP contribution in [-0.2, 0) is 4.79 Å². The number of alkyl halides is 3. The number of carboxylic acid groups (broad SMARTS) is 1. The Kier molecular flexibility index (Phi) is 10.9. The zero-order valence-corrected chi connectivity index (χ0v) is 17.7. The minimum Gasteiger partial charge on any atom is -0.478 e. The molecular formula is C19H27Cl3N2O3. The summed E-state index contributed by atoms with van der Waals surface area (Å²) in [5.41, 5.74) is 0.528. The molecule has 27 heavy (non-hydrogen) atoms. The third-order valence-corrected chi connectivity index (χ3v) is 4.72. The Balaban J connectivity index is 2.52. The van der Waals surface area contributed by atoms with Crippen LogP contribution in [0.1, 0.15) is 68.6 Å². The van der Waals surface area contributed by atoms with E-state index in [9.17, 15) is 9.59 Å². The van der Waals surface area contributed by atoms with Gasteiger partial charge in [-0.15, -0.1) is 0 Å². The summed E-state index contributed by atoms with van der Waals surface area (Å²) in [6.45, 7) is 2.18. The quantitative estimate of drug-likeness (QED) is 0.221. The Labute approximate surface area is 175 Å². The fourth-order valence-corrected chi connectivity index (χ4v) is 2.91. The highest BCUT2D eigenvalue weighted by Gasteiger charge is 2.34. The summed E-state index contributed by atoms with van der Waals surface area (Å²) in [7, 11) is 0. The number of aromatic carboxylic acids is 1.